The number of carbonyl (C=O) groups is 2. The Hall–Kier alpha value is -1.66. The molecule has 2 rings (SSSR count). The molecule has 6 nitrogen and oxygen atoms in total. The van der Waals surface area contributed by atoms with Gasteiger partial charge in [-0.25, -0.2) is 4.98 Å². The summed E-state index contributed by atoms with van der Waals surface area (Å²) in [6.45, 7) is 3.40. The molecule has 98 valence electrons. The highest BCUT2D eigenvalue weighted by molar-refractivity contribution is 6.10. The molecule has 0 aromatic carbocycles. The van der Waals surface area contributed by atoms with E-state index in [2.05, 4.69) is 10.3 Å². The van der Waals surface area contributed by atoms with Crippen LogP contribution in [-0.4, -0.2) is 29.4 Å². The first-order valence-electron chi connectivity index (χ1n) is 5.33. The molecule has 1 aromatic rings. The number of anilines is 2. The Morgan fingerprint density at radius 3 is 2.89 bits per heavy atom. The second kappa shape index (κ2) is 5.32. The van der Waals surface area contributed by atoms with Crippen molar-refractivity contribution in [2.24, 2.45) is 5.73 Å². The number of halogens is 1. The highest BCUT2D eigenvalue weighted by Crippen LogP contribution is 2.29. The molecule has 0 saturated carbocycles. The number of amides is 2. The van der Waals surface area contributed by atoms with Crippen LogP contribution < -0.4 is 16.0 Å². The van der Waals surface area contributed by atoms with Gasteiger partial charge in [-0.3, -0.25) is 14.5 Å². The lowest BCUT2D eigenvalue weighted by atomic mass is 10.1. The molecule has 0 bridgehead atoms. The predicted octanol–water partition coefficient (Wildman–Crippen LogP) is 0.444. The Balaban J connectivity index is 0.00000162. The van der Waals surface area contributed by atoms with Crippen molar-refractivity contribution in [3.8, 4) is 0 Å². The zero-order valence-corrected chi connectivity index (χ0v) is 11.0. The van der Waals surface area contributed by atoms with Crippen LogP contribution in [0.2, 0.25) is 0 Å². The second-order valence-electron chi connectivity index (χ2n) is 4.09. The summed E-state index contributed by atoms with van der Waals surface area (Å²) in [5.41, 5.74) is 7.00. The quantitative estimate of drug-likeness (QED) is 0.775. The van der Waals surface area contributed by atoms with Gasteiger partial charge in [0, 0.05) is 6.20 Å². The highest BCUT2D eigenvalue weighted by Gasteiger charge is 2.30. The van der Waals surface area contributed by atoms with Gasteiger partial charge < -0.3 is 11.1 Å². The monoisotopic (exact) mass is 270 g/mol. The number of aromatic nitrogens is 1. The van der Waals surface area contributed by atoms with Gasteiger partial charge in [0.2, 0.25) is 11.8 Å². The summed E-state index contributed by atoms with van der Waals surface area (Å²) in [7, 11) is 0. The van der Waals surface area contributed by atoms with Crippen LogP contribution in [0.5, 0.6) is 0 Å². The summed E-state index contributed by atoms with van der Waals surface area (Å²) in [5.74, 6) is -0.0753. The number of nitrogens with one attached hydrogen (secondary N) is 1. The first-order chi connectivity index (χ1) is 8.00. The van der Waals surface area contributed by atoms with Gasteiger partial charge in [-0.05, 0) is 25.5 Å². The minimum Gasteiger partial charge on any atom is -0.321 e. The first kappa shape index (κ1) is 14.4. The lowest BCUT2D eigenvalue weighted by molar-refractivity contribution is -0.122. The molecular formula is C11H15ClN4O2. The zero-order valence-electron chi connectivity index (χ0n) is 10.1. The van der Waals surface area contributed by atoms with Crippen molar-refractivity contribution in [3.63, 3.8) is 0 Å². The highest BCUT2D eigenvalue weighted by atomic mass is 35.5. The number of fused-ring (bicyclic) bond motifs is 1. The molecule has 1 aromatic heterocycles. The van der Waals surface area contributed by atoms with Crippen molar-refractivity contribution in [2.75, 3.05) is 16.8 Å². The van der Waals surface area contributed by atoms with Gasteiger partial charge in [0.25, 0.3) is 0 Å². The number of hydrogen-bond donors (Lipinski definition) is 2. The fraction of sp³-hybridized carbons (Fsp3) is 0.364. The Bertz CT molecular complexity index is 490. The maximum Gasteiger partial charge on any atom is 0.245 e. The summed E-state index contributed by atoms with van der Waals surface area (Å²) in [6.07, 6.45) is 1.60. The van der Waals surface area contributed by atoms with Crippen LogP contribution in [-0.2, 0) is 9.59 Å². The van der Waals surface area contributed by atoms with E-state index in [4.69, 9.17) is 5.73 Å². The van der Waals surface area contributed by atoms with E-state index in [1.807, 2.05) is 6.92 Å². The lowest BCUT2D eigenvalue weighted by Crippen LogP contribution is -2.48. The number of nitrogens with two attached hydrogens (primary N) is 1. The summed E-state index contributed by atoms with van der Waals surface area (Å²) in [6, 6.07) is 1.12. The molecule has 18 heavy (non-hydrogen) atoms. The van der Waals surface area contributed by atoms with E-state index < -0.39 is 6.04 Å². The molecule has 3 N–H and O–H groups in total. The van der Waals surface area contributed by atoms with Crippen LogP contribution in [0, 0.1) is 6.92 Å². The third-order valence-corrected chi connectivity index (χ3v) is 2.62. The number of rotatable bonds is 1. The standard InChI is InChI=1S/C11H14N4O2.ClH/c1-6-3-4-13-10-9(6)14-8(16)5-15(10)11(17)7(2)12;/h3-4,7H,5,12H2,1-2H3,(H,14,16);1H. The number of hydrogen-bond acceptors (Lipinski definition) is 4. The van der Waals surface area contributed by atoms with E-state index in [9.17, 15) is 9.59 Å². The fourth-order valence-corrected chi connectivity index (χ4v) is 1.73. The molecule has 7 heteroatoms. The Labute approximate surface area is 111 Å². The second-order valence-corrected chi connectivity index (χ2v) is 4.09. The molecule has 1 atom stereocenters. The Kier molecular flexibility index (Phi) is 4.26. The van der Waals surface area contributed by atoms with E-state index in [-0.39, 0.29) is 30.8 Å². The topological polar surface area (TPSA) is 88.3 Å². The Morgan fingerprint density at radius 1 is 1.61 bits per heavy atom. The average Bonchev–Trinajstić information content (AvgIpc) is 2.28. The molecule has 0 fully saturated rings. The molecule has 0 radical (unpaired) electrons. The summed E-state index contributed by atoms with van der Waals surface area (Å²) in [5, 5.41) is 2.72. The molecule has 2 amide bonds. The van der Waals surface area contributed by atoms with Gasteiger partial charge >= 0.3 is 0 Å². The van der Waals surface area contributed by atoms with Crippen LogP contribution in [0.1, 0.15) is 12.5 Å². The van der Waals surface area contributed by atoms with Crippen LogP contribution in [0.4, 0.5) is 11.5 Å². The molecule has 0 spiro atoms. The van der Waals surface area contributed by atoms with Crippen molar-refractivity contribution in [2.45, 2.75) is 19.9 Å². The average molecular weight is 271 g/mol. The van der Waals surface area contributed by atoms with E-state index in [1.165, 1.54) is 4.90 Å². The third kappa shape index (κ3) is 2.44. The van der Waals surface area contributed by atoms with Gasteiger partial charge in [0.15, 0.2) is 5.82 Å². The fourth-order valence-electron chi connectivity index (χ4n) is 1.73. The normalized spacial score (nSPS) is 15.3. The van der Waals surface area contributed by atoms with Gasteiger partial charge in [-0.15, -0.1) is 12.4 Å². The van der Waals surface area contributed by atoms with E-state index in [1.54, 1.807) is 19.2 Å². The van der Waals surface area contributed by atoms with Crippen molar-refractivity contribution in [1.29, 1.82) is 0 Å². The van der Waals surface area contributed by atoms with E-state index in [0.29, 0.717) is 11.5 Å². The first-order valence-corrected chi connectivity index (χ1v) is 5.33. The van der Waals surface area contributed by atoms with Gasteiger partial charge in [0.05, 0.1) is 11.7 Å². The zero-order chi connectivity index (χ0) is 12.6. The maximum atomic E-state index is 11.9. The predicted molar refractivity (Wildman–Crippen MR) is 70.9 cm³/mol. The van der Waals surface area contributed by atoms with E-state index in [0.717, 1.165) is 5.56 Å². The minimum atomic E-state index is -0.656. The molecule has 0 aliphatic carbocycles. The number of aryl methyl sites for hydroxylation is 1. The molecule has 1 unspecified atom stereocenters. The summed E-state index contributed by atoms with van der Waals surface area (Å²) < 4.78 is 0. The molecule has 1 aliphatic rings. The summed E-state index contributed by atoms with van der Waals surface area (Å²) >= 11 is 0. The van der Waals surface area contributed by atoms with Crippen molar-refractivity contribution < 1.29 is 9.59 Å². The van der Waals surface area contributed by atoms with Crippen molar-refractivity contribution in [1.82, 2.24) is 4.98 Å². The van der Waals surface area contributed by atoms with Gasteiger partial charge in [-0.2, -0.15) is 0 Å². The number of carbonyl (C=O) groups excluding carboxylic acids is 2. The molecule has 0 saturated heterocycles. The number of pyridine rings is 1. The van der Waals surface area contributed by atoms with Crippen molar-refractivity contribution >= 4 is 35.7 Å². The van der Waals surface area contributed by atoms with Gasteiger partial charge in [-0.1, -0.05) is 0 Å². The van der Waals surface area contributed by atoms with Crippen LogP contribution >= 0.6 is 12.4 Å². The SMILES string of the molecule is Cc1ccnc2c1NC(=O)CN2C(=O)C(C)N.Cl. The van der Waals surface area contributed by atoms with E-state index >= 15 is 0 Å². The van der Waals surface area contributed by atoms with Crippen molar-refractivity contribution in [3.05, 3.63) is 17.8 Å². The number of nitrogens with zero attached hydrogens (tertiary/aromatic N) is 2. The minimum absolute atomic E-state index is 0. The Morgan fingerprint density at radius 2 is 2.28 bits per heavy atom. The summed E-state index contributed by atoms with van der Waals surface area (Å²) in [4.78, 5) is 28.9. The van der Waals surface area contributed by atoms with Crippen LogP contribution in [0.15, 0.2) is 12.3 Å². The molecule has 2 heterocycles. The van der Waals surface area contributed by atoms with Gasteiger partial charge in [0.1, 0.15) is 6.54 Å². The van der Waals surface area contributed by atoms with Crippen LogP contribution in [0.3, 0.4) is 0 Å². The third-order valence-electron chi connectivity index (χ3n) is 2.62. The largest absolute Gasteiger partial charge is 0.321 e. The van der Waals surface area contributed by atoms with Crippen LogP contribution in [0.25, 0.3) is 0 Å². The maximum absolute atomic E-state index is 11.9. The lowest BCUT2D eigenvalue weighted by Gasteiger charge is -2.29. The smallest absolute Gasteiger partial charge is 0.245 e. The molecular weight excluding hydrogens is 256 g/mol. The molecule has 1 aliphatic heterocycles.